The predicted octanol–water partition coefficient (Wildman–Crippen LogP) is 2.69. The number of rotatable bonds is 3. The summed E-state index contributed by atoms with van der Waals surface area (Å²) in [6.45, 7) is 4.50. The van der Waals surface area contributed by atoms with Crippen LogP contribution in [0.15, 0.2) is 18.2 Å². The molecule has 0 aliphatic carbocycles. The molecule has 0 saturated carbocycles. The van der Waals surface area contributed by atoms with Crippen LogP contribution in [-0.4, -0.2) is 19.7 Å². The van der Waals surface area contributed by atoms with Crippen molar-refractivity contribution in [1.29, 1.82) is 0 Å². The van der Waals surface area contributed by atoms with Gasteiger partial charge in [-0.2, -0.15) is 0 Å². The lowest BCUT2D eigenvalue weighted by molar-refractivity contribution is 0.337. The lowest BCUT2D eigenvalue weighted by atomic mass is 9.91. The van der Waals surface area contributed by atoms with Gasteiger partial charge in [0.15, 0.2) is 0 Å². The monoisotopic (exact) mass is 223 g/mol. The lowest BCUT2D eigenvalue weighted by Gasteiger charge is -2.23. The Morgan fingerprint density at radius 1 is 1.44 bits per heavy atom. The van der Waals surface area contributed by atoms with Crippen LogP contribution in [0.5, 0.6) is 5.75 Å². The van der Waals surface area contributed by atoms with Crippen molar-refractivity contribution in [2.24, 2.45) is 0 Å². The average Bonchev–Trinajstić information content (AvgIpc) is 2.30. The molecule has 1 aliphatic rings. The summed E-state index contributed by atoms with van der Waals surface area (Å²) in [5, 5.41) is 3.34. The Hall–Kier alpha value is -1.09. The first-order valence-electron chi connectivity index (χ1n) is 5.93. The predicted molar refractivity (Wildman–Crippen MR) is 62.4 cm³/mol. The molecule has 1 heterocycles. The van der Waals surface area contributed by atoms with E-state index in [1.807, 2.05) is 13.0 Å². The summed E-state index contributed by atoms with van der Waals surface area (Å²) in [6, 6.07) is 5.04. The first-order chi connectivity index (χ1) is 7.79. The maximum absolute atomic E-state index is 13.4. The Labute approximate surface area is 95.8 Å². The zero-order chi connectivity index (χ0) is 11.4. The molecule has 1 aromatic carbocycles. The highest BCUT2D eigenvalue weighted by Crippen LogP contribution is 2.27. The standard InChI is InChI=1S/C13H18FNO/c1-2-16-13-7-11(6-12(14)8-13)10-4-3-5-15-9-10/h6-8,10,15H,2-5,9H2,1H3. The molecule has 1 aromatic rings. The van der Waals surface area contributed by atoms with E-state index in [0.29, 0.717) is 18.3 Å². The summed E-state index contributed by atoms with van der Waals surface area (Å²) in [4.78, 5) is 0. The van der Waals surface area contributed by atoms with Crippen LogP contribution in [0.4, 0.5) is 4.39 Å². The molecule has 0 amide bonds. The highest BCUT2D eigenvalue weighted by atomic mass is 19.1. The van der Waals surface area contributed by atoms with Crippen LogP contribution in [0.3, 0.4) is 0 Å². The fourth-order valence-electron chi connectivity index (χ4n) is 2.21. The lowest BCUT2D eigenvalue weighted by Crippen LogP contribution is -2.28. The number of piperidine rings is 1. The third kappa shape index (κ3) is 2.73. The maximum atomic E-state index is 13.4. The van der Waals surface area contributed by atoms with Crippen LogP contribution in [0, 0.1) is 5.82 Å². The summed E-state index contributed by atoms with van der Waals surface area (Å²) < 4.78 is 18.8. The molecule has 16 heavy (non-hydrogen) atoms. The zero-order valence-electron chi connectivity index (χ0n) is 9.63. The number of hydrogen-bond donors (Lipinski definition) is 1. The topological polar surface area (TPSA) is 21.3 Å². The highest BCUT2D eigenvalue weighted by Gasteiger charge is 2.16. The molecule has 88 valence electrons. The minimum Gasteiger partial charge on any atom is -0.494 e. The molecule has 0 bridgehead atoms. The zero-order valence-corrected chi connectivity index (χ0v) is 9.63. The van der Waals surface area contributed by atoms with Gasteiger partial charge < -0.3 is 10.1 Å². The van der Waals surface area contributed by atoms with Gasteiger partial charge in [0.1, 0.15) is 11.6 Å². The van der Waals surface area contributed by atoms with Crippen molar-refractivity contribution in [3.63, 3.8) is 0 Å². The minimum atomic E-state index is -0.202. The summed E-state index contributed by atoms with van der Waals surface area (Å²) in [6.07, 6.45) is 2.28. The van der Waals surface area contributed by atoms with Crippen molar-refractivity contribution >= 4 is 0 Å². The van der Waals surface area contributed by atoms with Gasteiger partial charge in [0.25, 0.3) is 0 Å². The van der Waals surface area contributed by atoms with Crippen LogP contribution >= 0.6 is 0 Å². The van der Waals surface area contributed by atoms with E-state index < -0.39 is 0 Å². The van der Waals surface area contributed by atoms with E-state index in [1.165, 1.54) is 6.07 Å². The molecule has 1 aliphatic heterocycles. The molecule has 2 nitrogen and oxygen atoms in total. The minimum absolute atomic E-state index is 0.202. The highest BCUT2D eigenvalue weighted by molar-refractivity contribution is 5.32. The Morgan fingerprint density at radius 3 is 3.00 bits per heavy atom. The molecule has 1 unspecified atom stereocenters. The first-order valence-corrected chi connectivity index (χ1v) is 5.93. The molecular formula is C13H18FNO. The Morgan fingerprint density at radius 2 is 2.31 bits per heavy atom. The SMILES string of the molecule is CCOc1cc(F)cc(C2CCCNC2)c1. The van der Waals surface area contributed by atoms with Gasteiger partial charge in [0.2, 0.25) is 0 Å². The van der Waals surface area contributed by atoms with Crippen molar-refractivity contribution < 1.29 is 9.13 Å². The molecule has 1 saturated heterocycles. The van der Waals surface area contributed by atoms with Gasteiger partial charge in [-0.1, -0.05) is 0 Å². The molecule has 1 atom stereocenters. The number of halogens is 1. The molecule has 0 radical (unpaired) electrons. The van der Waals surface area contributed by atoms with Crippen LogP contribution in [0.25, 0.3) is 0 Å². The quantitative estimate of drug-likeness (QED) is 0.850. The van der Waals surface area contributed by atoms with Crippen molar-refractivity contribution in [2.45, 2.75) is 25.7 Å². The molecule has 0 spiro atoms. The number of hydrogen-bond acceptors (Lipinski definition) is 2. The van der Waals surface area contributed by atoms with Gasteiger partial charge >= 0.3 is 0 Å². The molecule has 1 fully saturated rings. The van der Waals surface area contributed by atoms with Gasteiger partial charge in [-0.05, 0) is 49.9 Å². The average molecular weight is 223 g/mol. The van der Waals surface area contributed by atoms with Crippen LogP contribution in [-0.2, 0) is 0 Å². The Balaban J connectivity index is 2.18. The maximum Gasteiger partial charge on any atom is 0.127 e. The summed E-state index contributed by atoms with van der Waals surface area (Å²) in [7, 11) is 0. The molecule has 2 rings (SSSR count). The smallest absolute Gasteiger partial charge is 0.127 e. The van der Waals surface area contributed by atoms with Crippen LogP contribution in [0.1, 0.15) is 31.2 Å². The van der Waals surface area contributed by atoms with Gasteiger partial charge in [-0.3, -0.25) is 0 Å². The normalized spacial score (nSPS) is 20.8. The van der Waals surface area contributed by atoms with E-state index in [9.17, 15) is 4.39 Å². The molecule has 0 aromatic heterocycles. The van der Waals surface area contributed by atoms with Crippen molar-refractivity contribution in [3.8, 4) is 5.75 Å². The molecular weight excluding hydrogens is 205 g/mol. The number of nitrogens with one attached hydrogen (secondary N) is 1. The third-order valence-electron chi connectivity index (χ3n) is 2.97. The largest absolute Gasteiger partial charge is 0.494 e. The van der Waals surface area contributed by atoms with E-state index in [0.717, 1.165) is 31.5 Å². The second kappa shape index (κ2) is 5.30. The fourth-order valence-corrected chi connectivity index (χ4v) is 2.21. The van der Waals surface area contributed by atoms with Gasteiger partial charge in [-0.25, -0.2) is 4.39 Å². The second-order valence-corrected chi connectivity index (χ2v) is 4.20. The first kappa shape index (κ1) is 11.4. The van der Waals surface area contributed by atoms with E-state index in [2.05, 4.69) is 5.32 Å². The second-order valence-electron chi connectivity index (χ2n) is 4.20. The van der Waals surface area contributed by atoms with E-state index >= 15 is 0 Å². The van der Waals surface area contributed by atoms with E-state index in [-0.39, 0.29) is 5.82 Å². The summed E-state index contributed by atoms with van der Waals surface area (Å²) in [5.41, 5.74) is 1.05. The van der Waals surface area contributed by atoms with Crippen LogP contribution in [0.2, 0.25) is 0 Å². The van der Waals surface area contributed by atoms with Crippen molar-refractivity contribution in [3.05, 3.63) is 29.6 Å². The summed E-state index contributed by atoms with van der Waals surface area (Å²) >= 11 is 0. The van der Waals surface area contributed by atoms with E-state index in [4.69, 9.17) is 4.74 Å². The Kier molecular flexibility index (Phi) is 3.78. The number of benzene rings is 1. The van der Waals surface area contributed by atoms with Gasteiger partial charge in [0.05, 0.1) is 6.61 Å². The Bertz CT molecular complexity index is 348. The van der Waals surface area contributed by atoms with Crippen molar-refractivity contribution in [2.75, 3.05) is 19.7 Å². The molecule has 1 N–H and O–H groups in total. The molecule has 3 heteroatoms. The van der Waals surface area contributed by atoms with Gasteiger partial charge in [0, 0.05) is 12.6 Å². The van der Waals surface area contributed by atoms with E-state index in [1.54, 1.807) is 6.07 Å². The summed E-state index contributed by atoms with van der Waals surface area (Å²) in [5.74, 6) is 0.859. The third-order valence-corrected chi connectivity index (χ3v) is 2.97. The van der Waals surface area contributed by atoms with Crippen molar-refractivity contribution in [1.82, 2.24) is 5.32 Å². The van der Waals surface area contributed by atoms with Crippen LogP contribution < -0.4 is 10.1 Å². The van der Waals surface area contributed by atoms with Gasteiger partial charge in [-0.15, -0.1) is 0 Å². The fraction of sp³-hybridized carbons (Fsp3) is 0.538. The number of ether oxygens (including phenoxy) is 1.